The maximum Gasteiger partial charge on any atom is 0.0281 e. The van der Waals surface area contributed by atoms with Gasteiger partial charge < -0.3 is 10.2 Å². The monoisotopic (exact) mass is 284 g/mol. The molecule has 2 aliphatic rings. The van der Waals surface area contributed by atoms with Gasteiger partial charge >= 0.3 is 0 Å². The minimum Gasteiger partial charge on any atom is -0.313 e. The second-order valence-electron chi connectivity index (χ2n) is 6.44. The molecule has 0 bridgehead atoms. The molecule has 19 heavy (non-hydrogen) atoms. The van der Waals surface area contributed by atoms with Gasteiger partial charge in [0.2, 0.25) is 0 Å². The normalized spacial score (nSPS) is 28.4. The molecule has 0 amide bonds. The number of nitrogens with zero attached hydrogens (tertiary/aromatic N) is 1. The number of hydrogen-bond acceptors (Lipinski definition) is 3. The van der Waals surface area contributed by atoms with E-state index in [9.17, 15) is 0 Å². The van der Waals surface area contributed by atoms with Crippen LogP contribution >= 0.6 is 11.8 Å². The topological polar surface area (TPSA) is 15.3 Å². The summed E-state index contributed by atoms with van der Waals surface area (Å²) in [6.45, 7) is 7.45. The van der Waals surface area contributed by atoms with E-state index in [1.165, 1.54) is 77.5 Å². The highest BCUT2D eigenvalue weighted by molar-refractivity contribution is 8.00. The first-order valence-electron chi connectivity index (χ1n) is 8.29. The summed E-state index contributed by atoms with van der Waals surface area (Å²) in [5.41, 5.74) is 0. The zero-order valence-electron chi connectivity index (χ0n) is 12.9. The van der Waals surface area contributed by atoms with Gasteiger partial charge in [0.05, 0.1) is 0 Å². The Labute approximate surface area is 124 Å². The van der Waals surface area contributed by atoms with Gasteiger partial charge in [0.1, 0.15) is 0 Å². The van der Waals surface area contributed by atoms with Crippen molar-refractivity contribution in [3.05, 3.63) is 0 Å². The molecule has 0 spiro atoms. The van der Waals surface area contributed by atoms with Gasteiger partial charge in [-0.05, 0) is 64.4 Å². The molecule has 0 aromatic carbocycles. The molecule has 3 heteroatoms. The predicted octanol–water partition coefficient (Wildman–Crippen LogP) is 3.52. The fraction of sp³-hybridized carbons (Fsp3) is 1.00. The van der Waals surface area contributed by atoms with Crippen molar-refractivity contribution in [3.63, 3.8) is 0 Å². The SMILES string of the molecule is CCCN1CCCC(NCC2(SC)CCCC2)CC1. The van der Waals surface area contributed by atoms with E-state index in [0.717, 1.165) is 6.04 Å². The number of thioether (sulfide) groups is 1. The summed E-state index contributed by atoms with van der Waals surface area (Å²) in [6, 6.07) is 0.770. The van der Waals surface area contributed by atoms with Crippen molar-refractivity contribution in [2.45, 2.75) is 69.1 Å². The van der Waals surface area contributed by atoms with Crippen LogP contribution in [0.15, 0.2) is 0 Å². The third-order valence-electron chi connectivity index (χ3n) is 5.02. The van der Waals surface area contributed by atoms with Crippen molar-refractivity contribution < 1.29 is 0 Å². The van der Waals surface area contributed by atoms with E-state index in [-0.39, 0.29) is 0 Å². The summed E-state index contributed by atoms with van der Waals surface area (Å²) < 4.78 is 0.565. The Hall–Kier alpha value is 0.270. The summed E-state index contributed by atoms with van der Waals surface area (Å²) in [4.78, 5) is 2.65. The Kier molecular flexibility index (Phi) is 6.51. The van der Waals surface area contributed by atoms with Crippen LogP contribution in [0.1, 0.15) is 58.3 Å². The Morgan fingerprint density at radius 3 is 2.63 bits per heavy atom. The maximum absolute atomic E-state index is 3.91. The molecular weight excluding hydrogens is 252 g/mol. The fourth-order valence-corrected chi connectivity index (χ4v) is 4.63. The number of rotatable bonds is 6. The molecule has 2 nitrogen and oxygen atoms in total. The van der Waals surface area contributed by atoms with Gasteiger partial charge in [0.15, 0.2) is 0 Å². The number of nitrogens with one attached hydrogen (secondary N) is 1. The Bertz CT molecular complexity index is 251. The van der Waals surface area contributed by atoms with Crippen LogP contribution in [0.25, 0.3) is 0 Å². The molecular formula is C16H32N2S. The Morgan fingerprint density at radius 1 is 1.16 bits per heavy atom. The summed E-state index contributed by atoms with van der Waals surface area (Å²) in [7, 11) is 0. The van der Waals surface area contributed by atoms with Crippen LogP contribution in [0.3, 0.4) is 0 Å². The van der Waals surface area contributed by atoms with E-state index >= 15 is 0 Å². The lowest BCUT2D eigenvalue weighted by atomic mass is 10.0. The lowest BCUT2D eigenvalue weighted by Gasteiger charge is -2.30. The van der Waals surface area contributed by atoms with Crippen LogP contribution < -0.4 is 5.32 Å². The van der Waals surface area contributed by atoms with Gasteiger partial charge in [-0.15, -0.1) is 0 Å². The summed E-state index contributed by atoms with van der Waals surface area (Å²) in [5, 5.41) is 3.91. The molecule has 1 aliphatic heterocycles. The summed E-state index contributed by atoms with van der Waals surface area (Å²) in [5.74, 6) is 0. The fourth-order valence-electron chi connectivity index (χ4n) is 3.70. The van der Waals surface area contributed by atoms with Crippen molar-refractivity contribution in [2.75, 3.05) is 32.4 Å². The number of hydrogen-bond donors (Lipinski definition) is 1. The van der Waals surface area contributed by atoms with E-state index in [0.29, 0.717) is 4.75 Å². The zero-order chi connectivity index (χ0) is 13.6. The van der Waals surface area contributed by atoms with Crippen LogP contribution in [-0.2, 0) is 0 Å². The molecule has 2 rings (SSSR count). The standard InChI is InChI=1S/C16H32N2S/c1-3-11-18-12-6-7-15(8-13-18)17-14-16(19-2)9-4-5-10-16/h15,17H,3-14H2,1-2H3. The van der Waals surface area contributed by atoms with Crippen LogP contribution in [-0.4, -0.2) is 48.1 Å². The minimum atomic E-state index is 0.565. The third kappa shape index (κ3) is 4.64. The van der Waals surface area contributed by atoms with Crippen molar-refractivity contribution in [1.29, 1.82) is 0 Å². The molecule has 1 saturated carbocycles. The zero-order valence-corrected chi connectivity index (χ0v) is 13.7. The smallest absolute Gasteiger partial charge is 0.0281 e. The minimum absolute atomic E-state index is 0.565. The van der Waals surface area contributed by atoms with Gasteiger partial charge in [-0.25, -0.2) is 0 Å². The van der Waals surface area contributed by atoms with Crippen LogP contribution in [0.2, 0.25) is 0 Å². The molecule has 2 fully saturated rings. The first-order chi connectivity index (χ1) is 9.28. The van der Waals surface area contributed by atoms with E-state index in [1.807, 2.05) is 0 Å². The van der Waals surface area contributed by atoms with E-state index in [2.05, 4.69) is 35.2 Å². The van der Waals surface area contributed by atoms with Crippen LogP contribution in [0.5, 0.6) is 0 Å². The molecule has 0 aromatic heterocycles. The second-order valence-corrected chi connectivity index (χ2v) is 7.72. The van der Waals surface area contributed by atoms with E-state index in [4.69, 9.17) is 0 Å². The summed E-state index contributed by atoms with van der Waals surface area (Å²) >= 11 is 2.11. The van der Waals surface area contributed by atoms with Crippen molar-refractivity contribution in [3.8, 4) is 0 Å². The second kappa shape index (κ2) is 7.90. The molecule has 1 aliphatic carbocycles. The molecule has 112 valence electrons. The lowest BCUT2D eigenvalue weighted by Crippen LogP contribution is -2.41. The largest absolute Gasteiger partial charge is 0.313 e. The average Bonchev–Trinajstić information content (AvgIpc) is 2.79. The first kappa shape index (κ1) is 15.7. The Morgan fingerprint density at radius 2 is 1.95 bits per heavy atom. The van der Waals surface area contributed by atoms with E-state index in [1.54, 1.807) is 0 Å². The third-order valence-corrected chi connectivity index (χ3v) is 6.44. The van der Waals surface area contributed by atoms with Crippen LogP contribution in [0.4, 0.5) is 0 Å². The highest BCUT2D eigenvalue weighted by Crippen LogP contribution is 2.39. The van der Waals surface area contributed by atoms with Gasteiger partial charge in [0, 0.05) is 17.3 Å². The van der Waals surface area contributed by atoms with Crippen LogP contribution in [0, 0.1) is 0 Å². The molecule has 1 unspecified atom stereocenters. The average molecular weight is 285 g/mol. The Balaban J connectivity index is 1.73. The molecule has 1 saturated heterocycles. The quantitative estimate of drug-likeness (QED) is 0.803. The molecule has 1 heterocycles. The molecule has 1 atom stereocenters. The molecule has 1 N–H and O–H groups in total. The maximum atomic E-state index is 3.91. The molecule has 0 radical (unpaired) electrons. The highest BCUT2D eigenvalue weighted by Gasteiger charge is 2.33. The summed E-state index contributed by atoms with van der Waals surface area (Å²) in [6.07, 6.45) is 13.5. The van der Waals surface area contributed by atoms with Crippen molar-refractivity contribution in [2.24, 2.45) is 0 Å². The van der Waals surface area contributed by atoms with E-state index < -0.39 is 0 Å². The first-order valence-corrected chi connectivity index (χ1v) is 9.51. The molecule has 0 aromatic rings. The van der Waals surface area contributed by atoms with Gasteiger partial charge in [-0.1, -0.05) is 19.8 Å². The lowest BCUT2D eigenvalue weighted by molar-refractivity contribution is 0.282. The van der Waals surface area contributed by atoms with Crippen molar-refractivity contribution >= 4 is 11.8 Å². The predicted molar refractivity (Wildman–Crippen MR) is 87.1 cm³/mol. The highest BCUT2D eigenvalue weighted by atomic mass is 32.2. The van der Waals surface area contributed by atoms with Gasteiger partial charge in [-0.2, -0.15) is 11.8 Å². The van der Waals surface area contributed by atoms with Gasteiger partial charge in [0.25, 0.3) is 0 Å². The number of likely N-dealkylation sites (tertiary alicyclic amines) is 1. The van der Waals surface area contributed by atoms with Gasteiger partial charge in [-0.3, -0.25) is 0 Å². The van der Waals surface area contributed by atoms with Crippen molar-refractivity contribution in [1.82, 2.24) is 10.2 Å².